The molecular formula is C27H30N2O7S2. The van der Waals surface area contributed by atoms with E-state index >= 15 is 0 Å². The molecule has 11 heteroatoms. The van der Waals surface area contributed by atoms with E-state index in [1.165, 1.54) is 19.2 Å². The Labute approximate surface area is 226 Å². The Morgan fingerprint density at radius 3 is 2.55 bits per heavy atom. The van der Waals surface area contributed by atoms with Crippen LogP contribution in [-0.2, 0) is 24.3 Å². The van der Waals surface area contributed by atoms with E-state index in [2.05, 4.69) is 5.32 Å². The maximum Gasteiger partial charge on any atom is 0.290 e. The molecule has 0 saturated heterocycles. The van der Waals surface area contributed by atoms with Crippen LogP contribution in [0, 0.1) is 0 Å². The Kier molecular flexibility index (Phi) is 9.53. The van der Waals surface area contributed by atoms with Crippen LogP contribution >= 0.6 is 11.3 Å². The van der Waals surface area contributed by atoms with Gasteiger partial charge in [0.05, 0.1) is 25.2 Å². The van der Waals surface area contributed by atoms with Crippen LogP contribution in [-0.4, -0.2) is 63.4 Å². The van der Waals surface area contributed by atoms with E-state index in [0.717, 1.165) is 9.87 Å². The average Bonchev–Trinajstić information content (AvgIpc) is 3.48. The van der Waals surface area contributed by atoms with E-state index in [0.29, 0.717) is 17.9 Å². The number of ether oxygens (including phenoxy) is 3. The molecule has 202 valence electrons. The molecule has 0 aliphatic carbocycles. The van der Waals surface area contributed by atoms with Crippen LogP contribution in [0.3, 0.4) is 0 Å². The number of hydrogen-bond acceptors (Lipinski definition) is 8. The molecule has 0 radical (unpaired) electrons. The quantitative estimate of drug-likeness (QED) is 0.348. The lowest BCUT2D eigenvalue weighted by Crippen LogP contribution is -2.37. The van der Waals surface area contributed by atoms with Gasteiger partial charge in [0.25, 0.3) is 5.91 Å². The van der Waals surface area contributed by atoms with Gasteiger partial charge in [0, 0.05) is 31.1 Å². The first-order valence-corrected chi connectivity index (χ1v) is 14.4. The van der Waals surface area contributed by atoms with Gasteiger partial charge in [-0.1, -0.05) is 18.2 Å². The molecule has 1 aromatic heterocycles. The van der Waals surface area contributed by atoms with Crippen LogP contribution in [0.15, 0.2) is 88.2 Å². The normalized spacial score (nSPS) is 17.5. The number of aliphatic hydroxyl groups excluding tert-OH is 1. The minimum Gasteiger partial charge on any atom is -0.497 e. The van der Waals surface area contributed by atoms with Crippen molar-refractivity contribution in [1.82, 2.24) is 4.31 Å². The molecule has 0 saturated carbocycles. The number of hydrogen-bond donors (Lipinski definition) is 2. The SMILES string of the molecule is COc1ccc(S(=O)(=O)N(CCO)CCO[C@@H]2C[C@H](c3ccsc3)C=C(C(=O)Nc3ccccc3)O2)cc1. The molecular weight excluding hydrogens is 528 g/mol. The molecule has 2 heterocycles. The fourth-order valence-corrected chi connectivity index (χ4v) is 6.14. The molecule has 1 aliphatic rings. The summed E-state index contributed by atoms with van der Waals surface area (Å²) in [6.45, 7) is -0.440. The Morgan fingerprint density at radius 2 is 1.89 bits per heavy atom. The number of allylic oxidation sites excluding steroid dienone is 1. The van der Waals surface area contributed by atoms with Crippen molar-refractivity contribution in [1.29, 1.82) is 0 Å². The van der Waals surface area contributed by atoms with Crippen molar-refractivity contribution in [3.05, 3.63) is 88.8 Å². The monoisotopic (exact) mass is 558 g/mol. The van der Waals surface area contributed by atoms with Gasteiger partial charge in [-0.2, -0.15) is 15.6 Å². The molecule has 2 atom stereocenters. The van der Waals surface area contributed by atoms with Crippen molar-refractivity contribution >= 4 is 33.0 Å². The number of methoxy groups -OCH3 is 1. The summed E-state index contributed by atoms with van der Waals surface area (Å²) in [5, 5.41) is 16.3. The summed E-state index contributed by atoms with van der Waals surface area (Å²) in [5.74, 6) is 0.178. The minimum atomic E-state index is -3.87. The maximum atomic E-state index is 13.2. The van der Waals surface area contributed by atoms with E-state index in [1.807, 2.05) is 35.0 Å². The van der Waals surface area contributed by atoms with Crippen molar-refractivity contribution in [2.45, 2.75) is 23.5 Å². The van der Waals surface area contributed by atoms with Gasteiger partial charge in [0.2, 0.25) is 16.3 Å². The lowest BCUT2D eigenvalue weighted by Gasteiger charge is -2.29. The molecule has 0 bridgehead atoms. The molecule has 0 spiro atoms. The summed E-state index contributed by atoms with van der Waals surface area (Å²) < 4.78 is 44.4. The summed E-state index contributed by atoms with van der Waals surface area (Å²) >= 11 is 1.56. The number of anilines is 1. The summed E-state index contributed by atoms with van der Waals surface area (Å²) in [4.78, 5) is 13.0. The molecule has 38 heavy (non-hydrogen) atoms. The van der Waals surface area contributed by atoms with Gasteiger partial charge < -0.3 is 24.6 Å². The van der Waals surface area contributed by atoms with E-state index in [9.17, 15) is 18.3 Å². The Hall–Kier alpha value is -3.22. The second-order valence-electron chi connectivity index (χ2n) is 8.47. The Bertz CT molecular complexity index is 1310. The lowest BCUT2D eigenvalue weighted by molar-refractivity contribution is -0.143. The first-order valence-electron chi connectivity index (χ1n) is 12.0. The number of sulfonamides is 1. The van der Waals surface area contributed by atoms with Gasteiger partial charge in [-0.25, -0.2) is 8.42 Å². The first kappa shape index (κ1) is 27.8. The van der Waals surface area contributed by atoms with Crippen LogP contribution in [0.5, 0.6) is 5.75 Å². The third-order valence-electron chi connectivity index (χ3n) is 5.98. The molecule has 0 fully saturated rings. The zero-order chi connectivity index (χ0) is 27.0. The highest BCUT2D eigenvalue weighted by Crippen LogP contribution is 2.33. The van der Waals surface area contributed by atoms with Crippen molar-refractivity contribution in [2.75, 3.05) is 38.7 Å². The molecule has 4 rings (SSSR count). The predicted molar refractivity (Wildman–Crippen MR) is 144 cm³/mol. The van der Waals surface area contributed by atoms with Gasteiger partial charge in [0.1, 0.15) is 5.75 Å². The number of thiophene rings is 1. The largest absolute Gasteiger partial charge is 0.497 e. The number of amides is 1. The van der Waals surface area contributed by atoms with Crippen LogP contribution in [0.2, 0.25) is 0 Å². The minimum absolute atomic E-state index is 0.00396. The number of para-hydroxylation sites is 1. The average molecular weight is 559 g/mol. The van der Waals surface area contributed by atoms with Crippen molar-refractivity contribution in [3.8, 4) is 5.75 Å². The number of nitrogens with zero attached hydrogens (tertiary/aromatic N) is 1. The van der Waals surface area contributed by atoms with Crippen molar-refractivity contribution in [2.24, 2.45) is 0 Å². The van der Waals surface area contributed by atoms with Gasteiger partial charge in [0.15, 0.2) is 5.76 Å². The fourth-order valence-electron chi connectivity index (χ4n) is 4.00. The van der Waals surface area contributed by atoms with Crippen LogP contribution in [0.25, 0.3) is 0 Å². The number of rotatable bonds is 12. The summed E-state index contributed by atoms with van der Waals surface area (Å²) in [6, 6.07) is 17.1. The molecule has 1 aliphatic heterocycles. The molecule has 2 N–H and O–H groups in total. The van der Waals surface area contributed by atoms with Crippen molar-refractivity contribution < 1.29 is 32.5 Å². The second kappa shape index (κ2) is 13.0. The summed E-state index contributed by atoms with van der Waals surface area (Å²) in [6.07, 6.45) is 1.48. The van der Waals surface area contributed by atoms with Gasteiger partial charge in [-0.15, -0.1) is 0 Å². The summed E-state index contributed by atoms with van der Waals surface area (Å²) in [7, 11) is -2.37. The molecule has 3 aromatic rings. The number of aliphatic hydroxyl groups is 1. The predicted octanol–water partition coefficient (Wildman–Crippen LogP) is 3.81. The van der Waals surface area contributed by atoms with Gasteiger partial charge >= 0.3 is 0 Å². The number of carbonyl (C=O) groups excluding carboxylic acids is 1. The number of carbonyl (C=O) groups is 1. The highest BCUT2D eigenvalue weighted by Gasteiger charge is 2.30. The molecule has 2 aromatic carbocycles. The van der Waals surface area contributed by atoms with E-state index in [4.69, 9.17) is 14.2 Å². The number of nitrogens with one attached hydrogen (secondary N) is 1. The smallest absolute Gasteiger partial charge is 0.290 e. The van der Waals surface area contributed by atoms with E-state index < -0.39 is 22.2 Å². The zero-order valence-electron chi connectivity index (χ0n) is 20.9. The topological polar surface area (TPSA) is 114 Å². The third-order valence-corrected chi connectivity index (χ3v) is 8.59. The highest BCUT2D eigenvalue weighted by molar-refractivity contribution is 7.89. The maximum absolute atomic E-state index is 13.2. The number of benzene rings is 2. The Morgan fingerprint density at radius 1 is 1.13 bits per heavy atom. The second-order valence-corrected chi connectivity index (χ2v) is 11.2. The van der Waals surface area contributed by atoms with Crippen LogP contribution < -0.4 is 10.1 Å². The molecule has 1 amide bonds. The summed E-state index contributed by atoms with van der Waals surface area (Å²) in [5.41, 5.74) is 1.68. The fraction of sp³-hybridized carbons (Fsp3) is 0.296. The molecule has 9 nitrogen and oxygen atoms in total. The van der Waals surface area contributed by atoms with Crippen LogP contribution in [0.4, 0.5) is 5.69 Å². The first-order chi connectivity index (χ1) is 18.4. The van der Waals surface area contributed by atoms with E-state index in [-0.39, 0.29) is 42.9 Å². The standard InChI is InChI=1S/C27H30N2O7S2/c1-34-23-7-9-24(10-8-23)38(32,33)29(12-14-30)13-15-35-26-18-21(20-11-16-37-19-20)17-25(36-26)27(31)28-22-5-3-2-4-6-22/h2-11,16-17,19,21,26,30H,12-15,18H2,1H3,(H,28,31)/t21-,26+/m1/s1. The van der Waals surface area contributed by atoms with E-state index in [1.54, 1.807) is 41.7 Å². The Balaban J connectivity index is 1.43. The zero-order valence-corrected chi connectivity index (χ0v) is 22.5. The van der Waals surface area contributed by atoms with Gasteiger partial charge in [-0.3, -0.25) is 4.79 Å². The van der Waals surface area contributed by atoms with Gasteiger partial charge in [-0.05, 0) is 64.9 Å². The van der Waals surface area contributed by atoms with Crippen molar-refractivity contribution in [3.63, 3.8) is 0 Å². The molecule has 0 unspecified atom stereocenters. The third kappa shape index (κ3) is 7.00. The lowest BCUT2D eigenvalue weighted by atomic mass is 9.95. The highest BCUT2D eigenvalue weighted by atomic mass is 32.2. The van der Waals surface area contributed by atoms with Crippen LogP contribution in [0.1, 0.15) is 17.9 Å².